The van der Waals surface area contributed by atoms with Crippen molar-refractivity contribution in [2.75, 3.05) is 46.6 Å². The van der Waals surface area contributed by atoms with E-state index >= 15 is 0 Å². The number of benzene rings is 1. The van der Waals surface area contributed by atoms with Crippen molar-refractivity contribution < 1.29 is 19.0 Å². The van der Waals surface area contributed by atoms with E-state index in [1.807, 2.05) is 4.90 Å². The Morgan fingerprint density at radius 2 is 2.03 bits per heavy atom. The summed E-state index contributed by atoms with van der Waals surface area (Å²) in [7, 11) is 1.64. The number of hydrogen-bond donors (Lipinski definition) is 2. The second kappa shape index (κ2) is 9.27. The summed E-state index contributed by atoms with van der Waals surface area (Å²) in [6.07, 6.45) is 6.47. The summed E-state index contributed by atoms with van der Waals surface area (Å²) < 4.78 is 17.0. The van der Waals surface area contributed by atoms with Gasteiger partial charge in [0.25, 0.3) is 0 Å². The molecule has 37 heavy (non-hydrogen) atoms. The molecule has 7 rings (SSSR count). The number of amides is 2. The minimum Gasteiger partial charge on any atom is -0.493 e. The molecule has 194 valence electrons. The van der Waals surface area contributed by atoms with Crippen molar-refractivity contribution in [3.63, 3.8) is 0 Å². The van der Waals surface area contributed by atoms with E-state index in [0.29, 0.717) is 50.9 Å². The van der Waals surface area contributed by atoms with E-state index < -0.39 is 0 Å². The van der Waals surface area contributed by atoms with Crippen LogP contribution in [0, 0.1) is 0 Å². The van der Waals surface area contributed by atoms with Gasteiger partial charge >= 0.3 is 6.03 Å². The summed E-state index contributed by atoms with van der Waals surface area (Å²) in [5, 5.41) is 3.62. The van der Waals surface area contributed by atoms with Crippen LogP contribution in [0.3, 0.4) is 0 Å². The third-order valence-corrected chi connectivity index (χ3v) is 8.27. The van der Waals surface area contributed by atoms with E-state index in [1.165, 1.54) is 16.7 Å². The average molecular weight is 505 g/mol. The molecule has 2 unspecified atom stereocenters. The fraction of sp³-hybridized carbons (Fsp3) is 0.519. The molecule has 1 aromatic carbocycles. The van der Waals surface area contributed by atoms with Gasteiger partial charge in [0, 0.05) is 31.4 Å². The maximum absolute atomic E-state index is 13.7. The van der Waals surface area contributed by atoms with E-state index in [4.69, 9.17) is 19.2 Å². The molecule has 2 bridgehead atoms. The molecule has 10 nitrogen and oxygen atoms in total. The largest absolute Gasteiger partial charge is 0.493 e. The summed E-state index contributed by atoms with van der Waals surface area (Å²) in [6, 6.07) is 5.06. The van der Waals surface area contributed by atoms with Crippen molar-refractivity contribution in [3.8, 4) is 17.0 Å². The highest BCUT2D eigenvalue weighted by atomic mass is 16.5. The van der Waals surface area contributed by atoms with Crippen LogP contribution in [0.4, 0.5) is 4.79 Å². The van der Waals surface area contributed by atoms with Crippen LogP contribution in [-0.2, 0) is 22.4 Å². The van der Waals surface area contributed by atoms with Crippen LogP contribution in [-0.4, -0.2) is 89.5 Å². The molecule has 6 heterocycles. The van der Waals surface area contributed by atoms with Gasteiger partial charge in [0.15, 0.2) is 11.4 Å². The molecule has 0 spiro atoms. The number of ether oxygens (including phenoxy) is 3. The molecule has 3 fully saturated rings. The van der Waals surface area contributed by atoms with Crippen LogP contribution in [0.2, 0.25) is 0 Å². The molecule has 10 heteroatoms. The van der Waals surface area contributed by atoms with E-state index in [1.54, 1.807) is 19.5 Å². The Hall–Kier alpha value is -3.21. The molecular formula is C27H32N6O4. The number of nitrogens with zero attached hydrogens (tertiary/aromatic N) is 4. The first-order chi connectivity index (χ1) is 18.2. The summed E-state index contributed by atoms with van der Waals surface area (Å²) in [5.74, 6) is 0.677. The average Bonchev–Trinajstić information content (AvgIpc) is 3.48. The van der Waals surface area contributed by atoms with Crippen LogP contribution in [0.1, 0.15) is 35.6 Å². The minimum atomic E-state index is 0.0653. The van der Waals surface area contributed by atoms with Gasteiger partial charge < -0.3 is 34.3 Å². The molecule has 3 aromatic rings. The summed E-state index contributed by atoms with van der Waals surface area (Å²) in [5.41, 5.74) is 6.90. The summed E-state index contributed by atoms with van der Waals surface area (Å²) in [4.78, 5) is 30.4. The lowest BCUT2D eigenvalue weighted by Gasteiger charge is -2.40. The Labute approximate surface area is 215 Å². The molecule has 3 atom stereocenters. The molecule has 2 N–H and O–H groups in total. The van der Waals surface area contributed by atoms with Crippen LogP contribution in [0.5, 0.6) is 5.75 Å². The van der Waals surface area contributed by atoms with E-state index in [-0.39, 0.29) is 24.2 Å². The van der Waals surface area contributed by atoms with Crippen molar-refractivity contribution in [1.29, 1.82) is 0 Å². The van der Waals surface area contributed by atoms with Crippen LogP contribution in [0.15, 0.2) is 24.5 Å². The number of carbonyl (C=O) groups is 1. The zero-order valence-electron chi connectivity index (χ0n) is 21.0. The van der Waals surface area contributed by atoms with Crippen LogP contribution >= 0.6 is 0 Å². The number of carbonyl (C=O) groups excluding carboxylic acids is 1. The second-order valence-electron chi connectivity index (χ2n) is 10.4. The molecular weight excluding hydrogens is 472 g/mol. The normalized spacial score (nSPS) is 25.4. The fourth-order valence-corrected chi connectivity index (χ4v) is 6.35. The van der Waals surface area contributed by atoms with Gasteiger partial charge in [-0.05, 0) is 48.1 Å². The SMILES string of the molecule is COc1c[nH]c2ncc(-c3cc4c(c([C@@H]5COCCN5)c3)CN(C(=O)N3C5CCC3COC5)CC4)nc12. The first-order valence-electron chi connectivity index (χ1n) is 13.2. The predicted octanol–water partition coefficient (Wildman–Crippen LogP) is 2.64. The maximum atomic E-state index is 13.7. The lowest BCUT2D eigenvalue weighted by molar-refractivity contribution is -0.00296. The van der Waals surface area contributed by atoms with Crippen molar-refractivity contribution in [2.45, 2.75) is 43.9 Å². The van der Waals surface area contributed by atoms with Gasteiger partial charge in [0.1, 0.15) is 5.52 Å². The third-order valence-electron chi connectivity index (χ3n) is 8.27. The molecule has 3 saturated heterocycles. The number of H-pyrrole nitrogens is 1. The van der Waals surface area contributed by atoms with Crippen molar-refractivity contribution in [1.82, 2.24) is 30.1 Å². The Bertz CT molecular complexity index is 1320. The highest BCUT2D eigenvalue weighted by molar-refractivity contribution is 5.81. The van der Waals surface area contributed by atoms with Crippen molar-refractivity contribution in [3.05, 3.63) is 41.2 Å². The number of nitrogens with one attached hydrogen (secondary N) is 2. The molecule has 0 saturated carbocycles. The Morgan fingerprint density at radius 3 is 2.81 bits per heavy atom. The van der Waals surface area contributed by atoms with Crippen molar-refractivity contribution >= 4 is 17.2 Å². The number of rotatable bonds is 3. The number of urea groups is 1. The van der Waals surface area contributed by atoms with E-state index in [0.717, 1.165) is 42.6 Å². The topological polar surface area (TPSA) is 105 Å². The lowest BCUT2D eigenvalue weighted by Crippen LogP contribution is -2.55. The van der Waals surface area contributed by atoms with Gasteiger partial charge in [-0.15, -0.1) is 0 Å². The van der Waals surface area contributed by atoms with Gasteiger partial charge in [-0.1, -0.05) is 0 Å². The number of hydrogen-bond acceptors (Lipinski definition) is 7. The highest BCUT2D eigenvalue weighted by Crippen LogP contribution is 2.36. The zero-order valence-corrected chi connectivity index (χ0v) is 21.0. The highest BCUT2D eigenvalue weighted by Gasteiger charge is 2.42. The monoisotopic (exact) mass is 504 g/mol. The van der Waals surface area contributed by atoms with Gasteiger partial charge in [-0.3, -0.25) is 0 Å². The molecule has 4 aliphatic rings. The van der Waals surface area contributed by atoms with Crippen LogP contribution in [0.25, 0.3) is 22.4 Å². The molecule has 2 aromatic heterocycles. The lowest BCUT2D eigenvalue weighted by atomic mass is 9.88. The number of aromatic nitrogens is 3. The number of fused-ring (bicyclic) bond motifs is 4. The number of aromatic amines is 1. The quantitative estimate of drug-likeness (QED) is 0.565. The van der Waals surface area contributed by atoms with Crippen LogP contribution < -0.4 is 10.1 Å². The Kier molecular flexibility index (Phi) is 5.75. The maximum Gasteiger partial charge on any atom is 0.320 e. The van der Waals surface area contributed by atoms with Crippen molar-refractivity contribution in [2.24, 2.45) is 0 Å². The van der Waals surface area contributed by atoms with E-state index in [9.17, 15) is 4.79 Å². The number of morpholine rings is 2. The van der Waals surface area contributed by atoms with E-state index in [2.05, 4.69) is 32.3 Å². The summed E-state index contributed by atoms with van der Waals surface area (Å²) >= 11 is 0. The molecule has 2 amide bonds. The standard InChI is InChI=1S/C27H32N6O4/c1-35-24-11-30-26-25(24)31-22(10-29-26)17-8-16-4-6-32(27(34)33-18-2-3-19(33)14-37-13-18)12-21(16)20(9-17)23-15-36-7-5-28-23/h8-11,18-19,23,28H,2-7,12-15H2,1H3,(H,29,30)/t18?,19?,23-/m0/s1. The smallest absolute Gasteiger partial charge is 0.320 e. The van der Waals surface area contributed by atoms with Gasteiger partial charge in [-0.25, -0.2) is 14.8 Å². The minimum absolute atomic E-state index is 0.0653. The predicted molar refractivity (Wildman–Crippen MR) is 136 cm³/mol. The summed E-state index contributed by atoms with van der Waals surface area (Å²) in [6.45, 7) is 4.73. The van der Waals surface area contributed by atoms with Gasteiger partial charge in [0.05, 0.1) is 63.6 Å². The van der Waals surface area contributed by atoms with Gasteiger partial charge in [0.2, 0.25) is 0 Å². The van der Waals surface area contributed by atoms with Gasteiger partial charge in [-0.2, -0.15) is 0 Å². The molecule has 0 radical (unpaired) electrons. The molecule has 4 aliphatic heterocycles. The second-order valence-corrected chi connectivity index (χ2v) is 10.4. The Balaban J connectivity index is 1.25. The first-order valence-corrected chi connectivity index (χ1v) is 13.2. The first kappa shape index (κ1) is 22.9. The molecule has 0 aliphatic carbocycles. The zero-order chi connectivity index (χ0) is 24.9. The number of methoxy groups -OCH3 is 1. The Morgan fingerprint density at radius 1 is 1.16 bits per heavy atom. The third kappa shape index (κ3) is 3.94. The fourth-order valence-electron chi connectivity index (χ4n) is 6.35.